The van der Waals surface area contributed by atoms with E-state index in [4.69, 9.17) is 9.84 Å². The van der Waals surface area contributed by atoms with Crippen molar-refractivity contribution in [2.75, 3.05) is 0 Å². The van der Waals surface area contributed by atoms with Crippen LogP contribution in [0.25, 0.3) is 0 Å². The Morgan fingerprint density at radius 2 is 1.22 bits per heavy atom. The molecule has 4 heteroatoms. The Kier molecular flexibility index (Phi) is 12.8. The van der Waals surface area contributed by atoms with Crippen molar-refractivity contribution in [3.63, 3.8) is 0 Å². The lowest BCUT2D eigenvalue weighted by Gasteiger charge is -2.34. The molecule has 0 radical (unpaired) electrons. The Hall–Kier alpha value is -1.06. The summed E-state index contributed by atoms with van der Waals surface area (Å²) in [6, 6.07) is 0. The Morgan fingerprint density at radius 3 is 1.61 bits per heavy atom. The highest BCUT2D eigenvalue weighted by Crippen LogP contribution is 2.32. The minimum atomic E-state index is -0.804. The molecule has 4 nitrogen and oxygen atoms in total. The molecule has 0 saturated heterocycles. The maximum absolute atomic E-state index is 12.2. The van der Waals surface area contributed by atoms with E-state index in [2.05, 4.69) is 20.8 Å². The summed E-state index contributed by atoms with van der Waals surface area (Å²) in [5.41, 5.74) is -0.300. The van der Waals surface area contributed by atoms with Crippen LogP contribution in [0.1, 0.15) is 104 Å². The maximum Gasteiger partial charge on any atom is 0.306 e. The number of carboxylic acids is 1. The third-order valence-corrected chi connectivity index (χ3v) is 4.31. The molecule has 0 atom stereocenters. The number of aliphatic carboxylic acids is 1. The molecule has 0 unspecified atom stereocenters. The number of carbonyl (C=O) groups is 2. The molecule has 23 heavy (non-hydrogen) atoms. The Balaban J connectivity index is 4.59. The Morgan fingerprint density at radius 1 is 0.783 bits per heavy atom. The summed E-state index contributed by atoms with van der Waals surface area (Å²) in [6.07, 6.45) is 11.0. The zero-order chi connectivity index (χ0) is 17.6. The van der Waals surface area contributed by atoms with Crippen molar-refractivity contribution in [3.8, 4) is 0 Å². The maximum atomic E-state index is 12.2. The largest absolute Gasteiger partial charge is 0.481 e. The van der Waals surface area contributed by atoms with E-state index in [1.807, 2.05) is 0 Å². The molecule has 0 spiro atoms. The number of carbonyl (C=O) groups excluding carboxylic acids is 1. The summed E-state index contributed by atoms with van der Waals surface area (Å²) in [5, 5.41) is 8.64. The van der Waals surface area contributed by atoms with Gasteiger partial charge in [-0.3, -0.25) is 9.59 Å². The second-order valence-electron chi connectivity index (χ2n) is 6.57. The first-order valence-corrected chi connectivity index (χ1v) is 9.43. The molecule has 0 aromatic heterocycles. The summed E-state index contributed by atoms with van der Waals surface area (Å²) < 4.78 is 5.97. The molecule has 0 aromatic rings. The highest BCUT2D eigenvalue weighted by Gasteiger charge is 2.32. The fourth-order valence-electron chi connectivity index (χ4n) is 2.86. The highest BCUT2D eigenvalue weighted by atomic mass is 16.6. The SMILES string of the molecule is CCCCC(CCCC)(CCCC)OC(=O)CCCCC(=O)O. The van der Waals surface area contributed by atoms with E-state index < -0.39 is 5.97 Å². The summed E-state index contributed by atoms with van der Waals surface area (Å²) >= 11 is 0. The van der Waals surface area contributed by atoms with E-state index in [0.717, 1.165) is 57.8 Å². The average Bonchev–Trinajstić information content (AvgIpc) is 2.52. The molecular weight excluding hydrogens is 292 g/mol. The van der Waals surface area contributed by atoms with Crippen molar-refractivity contribution >= 4 is 11.9 Å². The van der Waals surface area contributed by atoms with E-state index in [0.29, 0.717) is 19.3 Å². The van der Waals surface area contributed by atoms with E-state index in [-0.39, 0.29) is 18.0 Å². The Labute approximate surface area is 142 Å². The zero-order valence-corrected chi connectivity index (χ0v) is 15.4. The normalized spacial score (nSPS) is 11.4. The lowest BCUT2D eigenvalue weighted by molar-refractivity contribution is -0.163. The van der Waals surface area contributed by atoms with Gasteiger partial charge in [-0.15, -0.1) is 0 Å². The van der Waals surface area contributed by atoms with Crippen molar-refractivity contribution in [1.82, 2.24) is 0 Å². The van der Waals surface area contributed by atoms with Crippen molar-refractivity contribution < 1.29 is 19.4 Å². The lowest BCUT2D eigenvalue weighted by atomic mass is 9.85. The lowest BCUT2D eigenvalue weighted by Crippen LogP contribution is -2.35. The van der Waals surface area contributed by atoms with Crippen molar-refractivity contribution in [2.45, 2.75) is 110 Å². The zero-order valence-electron chi connectivity index (χ0n) is 15.4. The number of rotatable bonds is 15. The molecule has 136 valence electrons. The summed E-state index contributed by atoms with van der Waals surface area (Å²) in [6.45, 7) is 6.49. The number of carboxylic acid groups (broad SMARTS) is 1. The minimum absolute atomic E-state index is 0.125. The van der Waals surface area contributed by atoms with Gasteiger partial charge in [0.05, 0.1) is 0 Å². The first-order chi connectivity index (χ1) is 11.0. The third kappa shape index (κ3) is 11.2. The van der Waals surface area contributed by atoms with Gasteiger partial charge < -0.3 is 9.84 Å². The van der Waals surface area contributed by atoms with Gasteiger partial charge in [0.2, 0.25) is 0 Å². The molecule has 0 bridgehead atoms. The third-order valence-electron chi connectivity index (χ3n) is 4.31. The van der Waals surface area contributed by atoms with Gasteiger partial charge >= 0.3 is 11.9 Å². The summed E-state index contributed by atoms with van der Waals surface area (Å²) in [5.74, 6) is -0.958. The molecule has 1 N–H and O–H groups in total. The van der Waals surface area contributed by atoms with Gasteiger partial charge in [0.25, 0.3) is 0 Å². The van der Waals surface area contributed by atoms with Crippen LogP contribution >= 0.6 is 0 Å². The molecule has 0 aliphatic rings. The fourth-order valence-corrected chi connectivity index (χ4v) is 2.86. The van der Waals surface area contributed by atoms with Crippen LogP contribution in [0.3, 0.4) is 0 Å². The van der Waals surface area contributed by atoms with Crippen molar-refractivity contribution in [1.29, 1.82) is 0 Å². The number of esters is 1. The molecule has 0 aromatic carbocycles. The molecule has 0 aliphatic heterocycles. The van der Waals surface area contributed by atoms with Crippen LogP contribution in [0.15, 0.2) is 0 Å². The molecule has 0 rings (SSSR count). The van der Waals surface area contributed by atoms with E-state index in [9.17, 15) is 9.59 Å². The second kappa shape index (κ2) is 13.4. The number of unbranched alkanes of at least 4 members (excludes halogenated alkanes) is 4. The van der Waals surface area contributed by atoms with Crippen LogP contribution in [-0.2, 0) is 14.3 Å². The standard InChI is InChI=1S/C19H36O4/c1-4-7-14-19(15-8-5-2,16-9-6-3)23-18(22)13-11-10-12-17(20)21/h4-16H2,1-3H3,(H,20,21). The first kappa shape index (κ1) is 21.9. The number of ether oxygens (including phenoxy) is 1. The predicted molar refractivity (Wildman–Crippen MR) is 93.5 cm³/mol. The Bertz CT molecular complexity index is 304. The van der Waals surface area contributed by atoms with Gasteiger partial charge in [0.15, 0.2) is 0 Å². The smallest absolute Gasteiger partial charge is 0.306 e. The van der Waals surface area contributed by atoms with Crippen molar-refractivity contribution in [2.24, 2.45) is 0 Å². The fraction of sp³-hybridized carbons (Fsp3) is 0.895. The molecule has 0 aliphatic carbocycles. The molecule has 0 fully saturated rings. The minimum Gasteiger partial charge on any atom is -0.481 e. The predicted octanol–water partition coefficient (Wildman–Crippen LogP) is 5.48. The molecule has 0 heterocycles. The average molecular weight is 328 g/mol. The van der Waals surface area contributed by atoms with Gasteiger partial charge in [0, 0.05) is 12.8 Å². The van der Waals surface area contributed by atoms with Crippen molar-refractivity contribution in [3.05, 3.63) is 0 Å². The van der Waals surface area contributed by atoms with Gasteiger partial charge in [-0.1, -0.05) is 40.0 Å². The van der Waals surface area contributed by atoms with Crippen LogP contribution in [-0.4, -0.2) is 22.6 Å². The van der Waals surface area contributed by atoms with Gasteiger partial charge in [0.1, 0.15) is 5.60 Å². The monoisotopic (exact) mass is 328 g/mol. The summed E-state index contributed by atoms with van der Waals surface area (Å²) in [4.78, 5) is 22.7. The van der Waals surface area contributed by atoms with E-state index >= 15 is 0 Å². The quantitative estimate of drug-likeness (QED) is 0.319. The number of hydrogen-bond donors (Lipinski definition) is 1. The molecular formula is C19H36O4. The first-order valence-electron chi connectivity index (χ1n) is 9.43. The van der Waals surface area contributed by atoms with Gasteiger partial charge in [-0.05, 0) is 51.4 Å². The van der Waals surface area contributed by atoms with Gasteiger partial charge in [-0.2, -0.15) is 0 Å². The van der Waals surface area contributed by atoms with Crippen LogP contribution in [0.5, 0.6) is 0 Å². The van der Waals surface area contributed by atoms with Crippen LogP contribution in [0.2, 0.25) is 0 Å². The van der Waals surface area contributed by atoms with E-state index in [1.165, 1.54) is 0 Å². The topological polar surface area (TPSA) is 63.6 Å². The van der Waals surface area contributed by atoms with Crippen LogP contribution in [0.4, 0.5) is 0 Å². The van der Waals surface area contributed by atoms with Crippen LogP contribution in [0, 0.1) is 0 Å². The van der Waals surface area contributed by atoms with E-state index in [1.54, 1.807) is 0 Å². The highest BCUT2D eigenvalue weighted by molar-refractivity contribution is 5.70. The van der Waals surface area contributed by atoms with Crippen LogP contribution < -0.4 is 0 Å². The molecule has 0 amide bonds. The summed E-state index contributed by atoms with van der Waals surface area (Å²) in [7, 11) is 0. The second-order valence-corrected chi connectivity index (χ2v) is 6.57. The molecule has 0 saturated carbocycles. The number of hydrogen-bond acceptors (Lipinski definition) is 3. The van der Waals surface area contributed by atoms with Gasteiger partial charge in [-0.25, -0.2) is 0 Å².